The fourth-order valence-electron chi connectivity index (χ4n) is 4.35. The molecule has 0 spiro atoms. The molecule has 3 aromatic rings. The zero-order valence-corrected chi connectivity index (χ0v) is 25.6. The van der Waals surface area contributed by atoms with Gasteiger partial charge in [-0.3, -0.25) is 13.8 Å². The number of quaternary nitrogens is 1. The van der Waals surface area contributed by atoms with Gasteiger partial charge in [0.2, 0.25) is 15.5 Å². The molecular formula is C28H32N6O6S2. The third-order valence-corrected chi connectivity index (χ3v) is 8.16. The number of azo groups is 1. The summed E-state index contributed by atoms with van der Waals surface area (Å²) in [4.78, 5) is 35.8. The van der Waals surface area contributed by atoms with Crippen molar-refractivity contribution in [1.29, 1.82) is 0 Å². The van der Waals surface area contributed by atoms with Gasteiger partial charge in [-0.15, -0.1) is 10.2 Å². The normalized spacial score (nSPS) is 16.3. The standard InChI is InChI=1S/C27H29N6O2S.CH4O4S/c1-31(2)19-11-9-18(10-12-19)29-30-27-28-26(32-13-15-33(3,4)16-14-32)23(36-27)17-22-24(34)20-7-5-6-8-21(20)25(22)35;1-5-6(2,3)4/h5-12,17H,13-16H2,1-4H3;1H3,(H,2,3,4)/q+1;/p-1/b30-29+;. The van der Waals surface area contributed by atoms with Gasteiger partial charge < -0.3 is 18.8 Å². The molecule has 12 nitrogen and oxygen atoms in total. The molecule has 0 atom stereocenters. The fraction of sp³-hybridized carbons (Fsp3) is 0.321. The topological polar surface area (TPSA) is 145 Å². The van der Waals surface area contributed by atoms with E-state index in [1.807, 2.05) is 43.3 Å². The van der Waals surface area contributed by atoms with Crippen LogP contribution in [0.1, 0.15) is 25.6 Å². The average Bonchev–Trinajstić information content (AvgIpc) is 3.46. The molecule has 1 saturated heterocycles. The Hall–Kier alpha value is -3.82. The Morgan fingerprint density at radius 2 is 1.55 bits per heavy atom. The number of ketones is 2. The van der Waals surface area contributed by atoms with Crippen LogP contribution in [-0.4, -0.2) is 95.5 Å². The maximum atomic E-state index is 13.0. The molecule has 0 unspecified atom stereocenters. The molecule has 2 aromatic carbocycles. The summed E-state index contributed by atoms with van der Waals surface area (Å²) < 4.78 is 32.0. The highest BCUT2D eigenvalue weighted by Gasteiger charge is 2.34. The van der Waals surface area contributed by atoms with E-state index in [1.165, 1.54) is 11.3 Å². The Morgan fingerprint density at radius 1 is 1.00 bits per heavy atom. The molecule has 0 N–H and O–H groups in total. The molecule has 0 saturated carbocycles. The molecule has 2 heterocycles. The third kappa shape index (κ3) is 7.52. The van der Waals surface area contributed by atoms with Crippen LogP contribution in [0.25, 0.3) is 6.08 Å². The number of benzene rings is 2. The molecule has 1 aliphatic carbocycles. The second-order valence-corrected chi connectivity index (χ2v) is 12.7. The van der Waals surface area contributed by atoms with Gasteiger partial charge in [-0.05, 0) is 30.3 Å². The first kappa shape index (κ1) is 31.1. The summed E-state index contributed by atoms with van der Waals surface area (Å²) in [6.07, 6.45) is 1.69. The number of Topliss-reactive ketones (excluding diaryl/α,β-unsaturated/α-hetero) is 2. The zero-order chi connectivity index (χ0) is 30.7. The first-order chi connectivity index (χ1) is 19.8. The molecule has 42 heavy (non-hydrogen) atoms. The van der Waals surface area contributed by atoms with Gasteiger partial charge in [0.1, 0.15) is 5.82 Å². The minimum absolute atomic E-state index is 0.178. The molecule has 222 valence electrons. The molecule has 0 amide bonds. The molecule has 0 radical (unpaired) electrons. The number of allylic oxidation sites excluding steroid dienone is 1. The number of rotatable bonds is 6. The van der Waals surface area contributed by atoms with E-state index in [-0.39, 0.29) is 17.1 Å². The van der Waals surface area contributed by atoms with Gasteiger partial charge in [-0.1, -0.05) is 35.6 Å². The first-order valence-electron chi connectivity index (χ1n) is 13.0. The lowest BCUT2D eigenvalue weighted by Gasteiger charge is -2.39. The third-order valence-electron chi connectivity index (χ3n) is 6.88. The Bertz CT molecular complexity index is 1600. The first-order valence-corrected chi connectivity index (χ1v) is 15.1. The monoisotopic (exact) mass is 612 g/mol. The number of piperazine rings is 1. The number of nitrogens with zero attached hydrogens (tertiary/aromatic N) is 6. The summed E-state index contributed by atoms with van der Waals surface area (Å²) >= 11 is 1.34. The maximum absolute atomic E-state index is 13.0. The summed E-state index contributed by atoms with van der Waals surface area (Å²) in [6, 6.07) is 14.8. The van der Waals surface area contributed by atoms with Crippen LogP contribution in [0.5, 0.6) is 0 Å². The molecular weight excluding hydrogens is 580 g/mol. The second-order valence-electron chi connectivity index (χ2n) is 10.5. The number of hydrogen-bond donors (Lipinski definition) is 0. The summed E-state index contributed by atoms with van der Waals surface area (Å²) in [5.41, 5.74) is 2.90. The number of hydrogen-bond acceptors (Lipinski definition) is 12. The lowest BCUT2D eigenvalue weighted by Crippen LogP contribution is -2.55. The van der Waals surface area contributed by atoms with Crippen LogP contribution in [0.2, 0.25) is 0 Å². The lowest BCUT2D eigenvalue weighted by molar-refractivity contribution is -0.890. The van der Waals surface area contributed by atoms with Crippen LogP contribution < -0.4 is 9.80 Å². The molecule has 1 fully saturated rings. The highest BCUT2D eigenvalue weighted by Crippen LogP contribution is 2.37. The number of thiazole rings is 1. The Labute approximate surface area is 249 Å². The summed E-state index contributed by atoms with van der Waals surface area (Å²) in [5.74, 6) is 0.270. The Kier molecular flexibility index (Phi) is 9.33. The molecule has 2 aliphatic rings. The summed E-state index contributed by atoms with van der Waals surface area (Å²) in [7, 11) is 4.81. The largest absolute Gasteiger partial charge is 0.726 e. The van der Waals surface area contributed by atoms with Crippen molar-refractivity contribution in [1.82, 2.24) is 4.98 Å². The molecule has 0 bridgehead atoms. The average molecular weight is 613 g/mol. The van der Waals surface area contributed by atoms with Crippen LogP contribution in [0.3, 0.4) is 0 Å². The van der Waals surface area contributed by atoms with E-state index in [1.54, 1.807) is 30.3 Å². The van der Waals surface area contributed by atoms with Crippen molar-refractivity contribution in [3.63, 3.8) is 0 Å². The summed E-state index contributed by atoms with van der Waals surface area (Å²) in [5, 5.41) is 9.26. The number of likely N-dealkylation sites (N-methyl/N-ethyl adjacent to an activating group) is 1. The van der Waals surface area contributed by atoms with E-state index in [9.17, 15) is 22.6 Å². The number of anilines is 2. The number of carbonyl (C=O) groups is 2. The van der Waals surface area contributed by atoms with E-state index in [4.69, 9.17) is 4.98 Å². The van der Waals surface area contributed by atoms with Gasteiger partial charge in [-0.2, -0.15) is 4.98 Å². The van der Waals surface area contributed by atoms with Crippen LogP contribution in [0.4, 0.5) is 22.3 Å². The van der Waals surface area contributed by atoms with Crippen LogP contribution in [0, 0.1) is 0 Å². The van der Waals surface area contributed by atoms with Gasteiger partial charge in [0, 0.05) is 30.9 Å². The smallest absolute Gasteiger partial charge is 0.232 e. The quantitative estimate of drug-likeness (QED) is 0.100. The van der Waals surface area contributed by atoms with Crippen LogP contribution >= 0.6 is 11.3 Å². The van der Waals surface area contributed by atoms with Gasteiger partial charge in [0.05, 0.1) is 63.5 Å². The minimum atomic E-state index is -4.41. The SMILES string of the molecule is CN(C)c1ccc(/N=N/c2nc(N3CC[N+](C)(C)CC3)c(C=C3C(=O)c4ccccc4C3=O)s2)cc1.COS(=O)(=O)[O-]. The van der Waals surface area contributed by atoms with E-state index in [0.29, 0.717) is 16.3 Å². The second kappa shape index (κ2) is 12.6. The molecule has 1 aliphatic heterocycles. The molecule has 1 aromatic heterocycles. The predicted octanol–water partition coefficient (Wildman–Crippen LogP) is 4.08. The van der Waals surface area contributed by atoms with Crippen LogP contribution in [-0.2, 0) is 14.6 Å². The van der Waals surface area contributed by atoms with Crippen molar-refractivity contribution in [2.45, 2.75) is 0 Å². The highest BCUT2D eigenvalue weighted by molar-refractivity contribution is 7.80. The van der Waals surface area contributed by atoms with Crippen molar-refractivity contribution in [2.75, 3.05) is 71.3 Å². The summed E-state index contributed by atoms with van der Waals surface area (Å²) in [6.45, 7) is 3.62. The van der Waals surface area contributed by atoms with Gasteiger partial charge >= 0.3 is 0 Å². The van der Waals surface area contributed by atoms with E-state index >= 15 is 0 Å². The lowest BCUT2D eigenvalue weighted by atomic mass is 10.1. The van der Waals surface area contributed by atoms with Gasteiger partial charge in [0.15, 0.2) is 11.6 Å². The molecule has 5 rings (SSSR count). The number of fused-ring (bicyclic) bond motifs is 1. The van der Waals surface area contributed by atoms with Gasteiger partial charge in [0.25, 0.3) is 0 Å². The minimum Gasteiger partial charge on any atom is -0.726 e. The van der Waals surface area contributed by atoms with Crippen molar-refractivity contribution in [3.05, 3.63) is 70.1 Å². The van der Waals surface area contributed by atoms with E-state index < -0.39 is 10.4 Å². The number of carbonyl (C=O) groups excluding carboxylic acids is 2. The van der Waals surface area contributed by atoms with Crippen molar-refractivity contribution in [3.8, 4) is 0 Å². The fourth-order valence-corrected chi connectivity index (χ4v) is 5.20. The van der Waals surface area contributed by atoms with E-state index in [0.717, 1.165) is 59.8 Å². The highest BCUT2D eigenvalue weighted by atomic mass is 32.3. The van der Waals surface area contributed by atoms with Crippen molar-refractivity contribution in [2.24, 2.45) is 10.2 Å². The van der Waals surface area contributed by atoms with Gasteiger partial charge in [-0.25, -0.2) is 8.42 Å². The Morgan fingerprint density at radius 3 is 2.05 bits per heavy atom. The van der Waals surface area contributed by atoms with Crippen molar-refractivity contribution >= 4 is 61.7 Å². The Balaban J connectivity index is 0.000000612. The molecule has 14 heteroatoms. The predicted molar refractivity (Wildman–Crippen MR) is 161 cm³/mol. The maximum Gasteiger partial charge on any atom is 0.232 e. The van der Waals surface area contributed by atoms with Crippen molar-refractivity contribution < 1.29 is 31.2 Å². The zero-order valence-electron chi connectivity index (χ0n) is 24.0. The van der Waals surface area contributed by atoms with E-state index in [2.05, 4.69) is 33.4 Å². The number of aromatic nitrogens is 1. The van der Waals surface area contributed by atoms with Crippen LogP contribution in [0.15, 0.2) is 64.3 Å².